The lowest BCUT2D eigenvalue weighted by Crippen LogP contribution is -2.22. The first-order valence-electron chi connectivity index (χ1n) is 10.5. The van der Waals surface area contributed by atoms with Gasteiger partial charge in [-0.25, -0.2) is 9.78 Å². The largest absolute Gasteiger partial charge is 0.508 e. The number of ether oxygens (including phenoxy) is 1. The van der Waals surface area contributed by atoms with Gasteiger partial charge in [0.2, 0.25) is 0 Å². The van der Waals surface area contributed by atoms with E-state index in [2.05, 4.69) is 0 Å². The number of rotatable bonds is 5. The molecular weight excluding hydrogens is 452 g/mol. The summed E-state index contributed by atoms with van der Waals surface area (Å²) in [5, 5.41) is 11.4. The van der Waals surface area contributed by atoms with E-state index in [4.69, 9.17) is 14.1 Å². The Labute approximate surface area is 198 Å². The van der Waals surface area contributed by atoms with E-state index in [1.165, 1.54) is 23.9 Å². The lowest BCUT2D eigenvalue weighted by Gasteiger charge is -2.16. The molecule has 34 heavy (non-hydrogen) atoms. The maximum atomic E-state index is 13.6. The molecule has 0 unspecified atom stereocenters. The van der Waals surface area contributed by atoms with Crippen molar-refractivity contribution in [3.05, 3.63) is 98.6 Å². The Bertz CT molecular complexity index is 1670. The zero-order chi connectivity index (χ0) is 23.8. The van der Waals surface area contributed by atoms with E-state index in [1.807, 2.05) is 37.3 Å². The molecule has 0 fully saturated rings. The van der Waals surface area contributed by atoms with E-state index in [-0.39, 0.29) is 11.3 Å². The molecule has 2 heterocycles. The first-order chi connectivity index (χ1) is 16.5. The van der Waals surface area contributed by atoms with E-state index in [0.717, 1.165) is 5.56 Å². The Morgan fingerprint density at radius 1 is 1.03 bits per heavy atom. The van der Waals surface area contributed by atoms with Gasteiger partial charge >= 0.3 is 5.63 Å². The Morgan fingerprint density at radius 3 is 2.68 bits per heavy atom. The van der Waals surface area contributed by atoms with Gasteiger partial charge < -0.3 is 14.3 Å². The molecule has 0 amide bonds. The Balaban J connectivity index is 1.69. The van der Waals surface area contributed by atoms with Crippen molar-refractivity contribution in [2.45, 2.75) is 17.8 Å². The molecule has 170 valence electrons. The van der Waals surface area contributed by atoms with E-state index >= 15 is 0 Å². The lowest BCUT2D eigenvalue weighted by molar-refractivity contribution is 0.411. The number of nitrogens with zero attached hydrogens (tertiary/aromatic N) is 2. The minimum atomic E-state index is -0.516. The number of hydrogen-bond acceptors (Lipinski definition) is 7. The fourth-order valence-electron chi connectivity index (χ4n) is 3.94. The van der Waals surface area contributed by atoms with Crippen LogP contribution in [-0.4, -0.2) is 21.8 Å². The third-order valence-corrected chi connectivity index (χ3v) is 6.55. The van der Waals surface area contributed by atoms with Gasteiger partial charge in [0, 0.05) is 23.3 Å². The molecule has 1 N–H and O–H groups in total. The van der Waals surface area contributed by atoms with Crippen LogP contribution in [0.1, 0.15) is 11.1 Å². The van der Waals surface area contributed by atoms with Crippen molar-refractivity contribution >= 4 is 33.6 Å². The predicted molar refractivity (Wildman–Crippen MR) is 132 cm³/mol. The van der Waals surface area contributed by atoms with Crippen LogP contribution in [0.4, 0.5) is 0 Å². The second-order valence-electron chi connectivity index (χ2n) is 7.74. The fraction of sp³-hybridized carbons (Fsp3) is 0.115. The van der Waals surface area contributed by atoms with Crippen LogP contribution in [0.2, 0.25) is 0 Å². The van der Waals surface area contributed by atoms with Crippen LogP contribution in [0.5, 0.6) is 11.5 Å². The van der Waals surface area contributed by atoms with Gasteiger partial charge in [-0.05, 0) is 48.4 Å². The highest BCUT2D eigenvalue weighted by molar-refractivity contribution is 7.98. The Morgan fingerprint density at radius 2 is 1.85 bits per heavy atom. The number of phenols is 1. The van der Waals surface area contributed by atoms with Gasteiger partial charge in [0.1, 0.15) is 17.1 Å². The highest BCUT2D eigenvalue weighted by Gasteiger charge is 2.18. The SMILES string of the molecule is COc1ccccc1-n1c(SCc2cc(=O)oc3cc(O)ccc23)nc2c(C)cccc2c1=O. The third-order valence-electron chi connectivity index (χ3n) is 5.57. The number of methoxy groups -OCH3 is 1. The number of fused-ring (bicyclic) bond motifs is 2. The van der Waals surface area contributed by atoms with E-state index in [9.17, 15) is 14.7 Å². The number of para-hydroxylation sites is 3. The summed E-state index contributed by atoms with van der Waals surface area (Å²) in [7, 11) is 1.56. The maximum Gasteiger partial charge on any atom is 0.336 e. The van der Waals surface area contributed by atoms with Crippen molar-refractivity contribution in [2.75, 3.05) is 7.11 Å². The van der Waals surface area contributed by atoms with Crippen LogP contribution in [0.3, 0.4) is 0 Å². The Kier molecular flexibility index (Phi) is 5.59. The van der Waals surface area contributed by atoms with Crippen molar-refractivity contribution in [1.82, 2.24) is 9.55 Å². The summed E-state index contributed by atoms with van der Waals surface area (Å²) in [4.78, 5) is 30.6. The molecule has 0 atom stereocenters. The van der Waals surface area contributed by atoms with Crippen molar-refractivity contribution in [1.29, 1.82) is 0 Å². The van der Waals surface area contributed by atoms with Crippen LogP contribution in [0, 0.1) is 6.92 Å². The number of aryl methyl sites for hydroxylation is 1. The van der Waals surface area contributed by atoms with Gasteiger partial charge in [-0.3, -0.25) is 9.36 Å². The van der Waals surface area contributed by atoms with Crippen LogP contribution >= 0.6 is 11.8 Å². The van der Waals surface area contributed by atoms with E-state index < -0.39 is 5.63 Å². The number of benzene rings is 3. The van der Waals surface area contributed by atoms with Crippen molar-refractivity contribution in [2.24, 2.45) is 0 Å². The highest BCUT2D eigenvalue weighted by Crippen LogP contribution is 2.31. The summed E-state index contributed by atoms with van der Waals surface area (Å²) in [6.07, 6.45) is 0. The van der Waals surface area contributed by atoms with Crippen molar-refractivity contribution in [3.8, 4) is 17.2 Å². The molecule has 0 spiro atoms. The molecule has 0 saturated heterocycles. The zero-order valence-corrected chi connectivity index (χ0v) is 19.3. The fourth-order valence-corrected chi connectivity index (χ4v) is 4.93. The summed E-state index contributed by atoms with van der Waals surface area (Å²) < 4.78 is 12.3. The minimum absolute atomic E-state index is 0.0112. The topological polar surface area (TPSA) is 94.6 Å². The number of thioether (sulfide) groups is 1. The molecule has 0 saturated carbocycles. The number of aromatic hydroxyl groups is 1. The summed E-state index contributed by atoms with van der Waals surface area (Å²) in [5.74, 6) is 0.907. The average molecular weight is 473 g/mol. The van der Waals surface area contributed by atoms with Crippen LogP contribution in [-0.2, 0) is 5.75 Å². The van der Waals surface area contributed by atoms with E-state index in [1.54, 1.807) is 35.9 Å². The van der Waals surface area contributed by atoms with Gasteiger partial charge in [0.05, 0.1) is 23.7 Å². The molecule has 0 aliphatic heterocycles. The average Bonchev–Trinajstić information content (AvgIpc) is 2.83. The van der Waals surface area contributed by atoms with Gasteiger partial charge in [0.15, 0.2) is 5.16 Å². The molecular formula is C26H20N2O5S. The number of aromatic nitrogens is 2. The second-order valence-corrected chi connectivity index (χ2v) is 8.68. The Hall–Kier alpha value is -4.04. The van der Waals surface area contributed by atoms with Gasteiger partial charge in [-0.2, -0.15) is 0 Å². The first-order valence-corrected chi connectivity index (χ1v) is 11.5. The molecule has 0 bridgehead atoms. The van der Waals surface area contributed by atoms with Crippen LogP contribution < -0.4 is 15.9 Å². The molecule has 2 aromatic heterocycles. The van der Waals surface area contributed by atoms with Gasteiger partial charge in [-0.1, -0.05) is 36.0 Å². The first kappa shape index (κ1) is 21.8. The smallest absolute Gasteiger partial charge is 0.336 e. The number of phenolic OH excluding ortho intramolecular Hbond substituents is 1. The number of hydrogen-bond donors (Lipinski definition) is 1. The standard InChI is InChI=1S/C26H20N2O5S/c1-15-6-5-7-19-24(15)27-26(28(25(19)31)20-8-3-4-9-21(20)32-2)34-14-16-12-23(30)33-22-13-17(29)10-11-18(16)22/h3-13,29H,14H2,1-2H3. The van der Waals surface area contributed by atoms with Crippen molar-refractivity contribution in [3.63, 3.8) is 0 Å². The van der Waals surface area contributed by atoms with E-state index in [0.29, 0.717) is 49.8 Å². The lowest BCUT2D eigenvalue weighted by atomic mass is 10.1. The minimum Gasteiger partial charge on any atom is -0.508 e. The molecule has 0 aliphatic rings. The summed E-state index contributed by atoms with van der Waals surface area (Å²) in [6, 6.07) is 18.9. The highest BCUT2D eigenvalue weighted by atomic mass is 32.2. The monoisotopic (exact) mass is 472 g/mol. The van der Waals surface area contributed by atoms with Crippen molar-refractivity contribution < 1.29 is 14.3 Å². The summed E-state index contributed by atoms with van der Waals surface area (Å²) in [6.45, 7) is 1.92. The molecule has 7 nitrogen and oxygen atoms in total. The normalized spacial score (nSPS) is 11.2. The molecule has 0 aliphatic carbocycles. The zero-order valence-electron chi connectivity index (χ0n) is 18.4. The molecule has 3 aromatic carbocycles. The van der Waals surface area contributed by atoms with Gasteiger partial charge in [0.25, 0.3) is 5.56 Å². The molecule has 0 radical (unpaired) electrons. The second kappa shape index (κ2) is 8.72. The predicted octanol–water partition coefficient (Wildman–Crippen LogP) is 4.81. The summed E-state index contributed by atoms with van der Waals surface area (Å²) >= 11 is 1.33. The molecule has 5 aromatic rings. The third kappa shape index (κ3) is 3.82. The van der Waals surface area contributed by atoms with Gasteiger partial charge in [-0.15, -0.1) is 0 Å². The van der Waals surface area contributed by atoms with Crippen LogP contribution in [0.15, 0.2) is 85.9 Å². The maximum absolute atomic E-state index is 13.6. The molecule has 8 heteroatoms. The quantitative estimate of drug-likeness (QED) is 0.223. The van der Waals surface area contributed by atoms with Crippen LogP contribution in [0.25, 0.3) is 27.6 Å². The summed E-state index contributed by atoms with van der Waals surface area (Å²) in [5.41, 5.74) is 2.39. The molecule has 5 rings (SSSR count).